The minimum absolute atomic E-state index is 0.0389. The van der Waals surface area contributed by atoms with Crippen molar-refractivity contribution in [3.63, 3.8) is 0 Å². The van der Waals surface area contributed by atoms with Gasteiger partial charge in [-0.2, -0.15) is 0 Å². The van der Waals surface area contributed by atoms with Gasteiger partial charge in [0.15, 0.2) is 0 Å². The summed E-state index contributed by atoms with van der Waals surface area (Å²) in [7, 11) is 1.85. The topological polar surface area (TPSA) is 48.0 Å². The molecule has 3 heteroatoms. The van der Waals surface area contributed by atoms with Crippen LogP contribution in [0.3, 0.4) is 0 Å². The van der Waals surface area contributed by atoms with Crippen LogP contribution in [0.5, 0.6) is 0 Å². The molecule has 0 aliphatic heterocycles. The third-order valence-electron chi connectivity index (χ3n) is 4.01. The molecule has 1 aromatic carbocycles. The molecule has 0 saturated carbocycles. The van der Waals surface area contributed by atoms with Gasteiger partial charge in [0.05, 0.1) is 6.04 Å². The smallest absolute Gasteiger partial charge is 0.255 e. The highest BCUT2D eigenvalue weighted by molar-refractivity contribution is 5.36. The van der Waals surface area contributed by atoms with E-state index >= 15 is 0 Å². The molecule has 1 heterocycles. The molecule has 2 aromatic rings. The standard InChI is InChI=1S/C16H18N2O/c1-18-14-9-5-8-12(14)10-13(16(18)19)15(17)11-6-3-2-4-7-11/h2-4,6-7,10,15H,5,8-9,17H2,1H3. The molecule has 1 aromatic heterocycles. The van der Waals surface area contributed by atoms with Gasteiger partial charge in [0, 0.05) is 18.3 Å². The van der Waals surface area contributed by atoms with Crippen molar-refractivity contribution in [2.24, 2.45) is 12.8 Å². The molecule has 0 spiro atoms. The van der Waals surface area contributed by atoms with E-state index in [1.165, 1.54) is 11.3 Å². The summed E-state index contributed by atoms with van der Waals surface area (Å²) in [6.07, 6.45) is 3.19. The van der Waals surface area contributed by atoms with Gasteiger partial charge in [-0.3, -0.25) is 4.79 Å². The monoisotopic (exact) mass is 254 g/mol. The second-order valence-corrected chi connectivity index (χ2v) is 5.18. The van der Waals surface area contributed by atoms with Crippen molar-refractivity contribution in [1.82, 2.24) is 4.57 Å². The molecule has 0 bridgehead atoms. The van der Waals surface area contributed by atoms with Crippen LogP contribution < -0.4 is 11.3 Å². The number of aromatic nitrogens is 1. The molecule has 1 unspecified atom stereocenters. The summed E-state index contributed by atoms with van der Waals surface area (Å²) in [5, 5.41) is 0. The van der Waals surface area contributed by atoms with Crippen molar-refractivity contribution >= 4 is 0 Å². The van der Waals surface area contributed by atoms with Crippen LogP contribution in [-0.2, 0) is 19.9 Å². The number of nitrogens with zero attached hydrogens (tertiary/aromatic N) is 1. The van der Waals surface area contributed by atoms with Crippen LogP contribution in [0.2, 0.25) is 0 Å². The molecule has 2 N–H and O–H groups in total. The van der Waals surface area contributed by atoms with Crippen LogP contribution in [0.15, 0.2) is 41.2 Å². The van der Waals surface area contributed by atoms with Gasteiger partial charge in [0.2, 0.25) is 0 Å². The third kappa shape index (κ3) is 2.00. The van der Waals surface area contributed by atoms with Crippen LogP contribution >= 0.6 is 0 Å². The Balaban J connectivity index is 2.12. The van der Waals surface area contributed by atoms with Crippen molar-refractivity contribution in [3.05, 3.63) is 69.1 Å². The van der Waals surface area contributed by atoms with Crippen LogP contribution in [0.4, 0.5) is 0 Å². The minimum atomic E-state index is -0.342. The predicted molar refractivity (Wildman–Crippen MR) is 76.2 cm³/mol. The minimum Gasteiger partial charge on any atom is -0.320 e. The number of aryl methyl sites for hydroxylation is 1. The van der Waals surface area contributed by atoms with Gasteiger partial charge in [-0.15, -0.1) is 0 Å². The highest BCUT2D eigenvalue weighted by atomic mass is 16.1. The first-order valence-electron chi connectivity index (χ1n) is 6.70. The van der Waals surface area contributed by atoms with E-state index in [9.17, 15) is 4.79 Å². The number of rotatable bonds is 2. The summed E-state index contributed by atoms with van der Waals surface area (Å²) >= 11 is 0. The van der Waals surface area contributed by atoms with Crippen LogP contribution in [-0.4, -0.2) is 4.57 Å². The number of hydrogen-bond donors (Lipinski definition) is 1. The highest BCUT2D eigenvalue weighted by Crippen LogP contribution is 2.24. The molecule has 98 valence electrons. The summed E-state index contributed by atoms with van der Waals surface area (Å²) in [5.74, 6) is 0. The summed E-state index contributed by atoms with van der Waals surface area (Å²) in [6, 6.07) is 11.5. The molecular formula is C16H18N2O. The van der Waals surface area contributed by atoms with Gasteiger partial charge < -0.3 is 10.3 Å². The van der Waals surface area contributed by atoms with Crippen molar-refractivity contribution < 1.29 is 0 Å². The van der Waals surface area contributed by atoms with E-state index in [2.05, 4.69) is 0 Å². The van der Waals surface area contributed by atoms with E-state index in [1.54, 1.807) is 4.57 Å². The van der Waals surface area contributed by atoms with Crippen molar-refractivity contribution in [2.45, 2.75) is 25.3 Å². The Morgan fingerprint density at radius 2 is 1.95 bits per heavy atom. The Bertz CT molecular complexity index is 658. The maximum absolute atomic E-state index is 12.4. The summed E-state index contributed by atoms with van der Waals surface area (Å²) in [5.41, 5.74) is 10.4. The van der Waals surface area contributed by atoms with Crippen LogP contribution in [0.25, 0.3) is 0 Å². The Morgan fingerprint density at radius 3 is 2.68 bits per heavy atom. The third-order valence-corrected chi connectivity index (χ3v) is 4.01. The Morgan fingerprint density at radius 1 is 1.21 bits per heavy atom. The zero-order valence-corrected chi connectivity index (χ0v) is 11.1. The molecule has 0 radical (unpaired) electrons. The normalized spacial score (nSPS) is 15.3. The zero-order valence-electron chi connectivity index (χ0n) is 11.1. The largest absolute Gasteiger partial charge is 0.320 e. The highest BCUT2D eigenvalue weighted by Gasteiger charge is 2.20. The first-order chi connectivity index (χ1) is 9.18. The van der Waals surface area contributed by atoms with Gasteiger partial charge in [0.1, 0.15) is 0 Å². The van der Waals surface area contributed by atoms with Crippen LogP contribution in [0, 0.1) is 0 Å². The molecule has 0 fully saturated rings. The van der Waals surface area contributed by atoms with E-state index in [1.807, 2.05) is 43.4 Å². The van der Waals surface area contributed by atoms with Gasteiger partial charge in [-0.1, -0.05) is 30.3 Å². The Labute approximate surface area is 112 Å². The lowest BCUT2D eigenvalue weighted by atomic mass is 9.99. The zero-order chi connectivity index (χ0) is 13.4. The van der Waals surface area contributed by atoms with Gasteiger partial charge in [0.25, 0.3) is 5.56 Å². The number of hydrogen-bond acceptors (Lipinski definition) is 2. The van der Waals surface area contributed by atoms with Gasteiger partial charge in [-0.05, 0) is 36.5 Å². The predicted octanol–water partition coefficient (Wildman–Crippen LogP) is 1.92. The van der Waals surface area contributed by atoms with E-state index in [-0.39, 0.29) is 11.6 Å². The maximum atomic E-state index is 12.4. The lowest BCUT2D eigenvalue weighted by molar-refractivity contribution is 0.743. The van der Waals surface area contributed by atoms with E-state index in [0.29, 0.717) is 5.56 Å². The molecular weight excluding hydrogens is 236 g/mol. The molecule has 3 nitrogen and oxygen atoms in total. The quantitative estimate of drug-likeness (QED) is 0.890. The van der Waals surface area contributed by atoms with Crippen LogP contribution in [0.1, 0.15) is 34.8 Å². The summed E-state index contributed by atoms with van der Waals surface area (Å²) in [6.45, 7) is 0. The number of pyridine rings is 1. The molecule has 0 saturated heterocycles. The SMILES string of the molecule is Cn1c2c(cc(C(N)c3ccccc3)c1=O)CCC2. The fourth-order valence-corrected chi connectivity index (χ4v) is 2.92. The summed E-state index contributed by atoms with van der Waals surface area (Å²) in [4.78, 5) is 12.4. The Kier molecular flexibility index (Phi) is 2.99. The second kappa shape index (κ2) is 4.67. The van der Waals surface area contributed by atoms with Gasteiger partial charge >= 0.3 is 0 Å². The van der Waals surface area contributed by atoms with E-state index in [4.69, 9.17) is 5.73 Å². The maximum Gasteiger partial charge on any atom is 0.255 e. The number of nitrogens with two attached hydrogens (primary N) is 1. The average Bonchev–Trinajstić information content (AvgIpc) is 2.91. The molecule has 0 amide bonds. The molecule has 1 aliphatic rings. The number of fused-ring (bicyclic) bond motifs is 1. The Hall–Kier alpha value is -1.87. The van der Waals surface area contributed by atoms with Crippen molar-refractivity contribution in [2.75, 3.05) is 0 Å². The summed E-state index contributed by atoms with van der Waals surface area (Å²) < 4.78 is 1.78. The van der Waals surface area contributed by atoms with E-state index < -0.39 is 0 Å². The van der Waals surface area contributed by atoms with E-state index in [0.717, 1.165) is 24.8 Å². The lowest BCUT2D eigenvalue weighted by Gasteiger charge is -2.16. The molecule has 1 atom stereocenters. The average molecular weight is 254 g/mol. The molecule has 3 rings (SSSR count). The fourth-order valence-electron chi connectivity index (χ4n) is 2.92. The molecule has 19 heavy (non-hydrogen) atoms. The number of benzene rings is 1. The fraction of sp³-hybridized carbons (Fsp3) is 0.312. The lowest BCUT2D eigenvalue weighted by Crippen LogP contribution is -2.29. The first kappa shape index (κ1) is 12.2. The molecule has 1 aliphatic carbocycles. The second-order valence-electron chi connectivity index (χ2n) is 5.18. The first-order valence-corrected chi connectivity index (χ1v) is 6.70. The van der Waals surface area contributed by atoms with Crippen molar-refractivity contribution in [1.29, 1.82) is 0 Å². The van der Waals surface area contributed by atoms with Crippen molar-refractivity contribution in [3.8, 4) is 0 Å². The van der Waals surface area contributed by atoms with Gasteiger partial charge in [-0.25, -0.2) is 0 Å².